The lowest BCUT2D eigenvalue weighted by molar-refractivity contribution is -0.130. The van der Waals surface area contributed by atoms with Crippen LogP contribution in [0.25, 0.3) is 0 Å². The molecule has 2 rings (SSSR count). The van der Waals surface area contributed by atoms with Gasteiger partial charge >= 0.3 is 17.1 Å². The Hall–Kier alpha value is -0.216. The molecule has 5 nitrogen and oxygen atoms in total. The van der Waals surface area contributed by atoms with Crippen molar-refractivity contribution in [3.05, 3.63) is 0 Å². The Morgan fingerprint density at radius 3 is 1.89 bits per heavy atom. The standard InChI is InChI=1S/C20H41NO4Si2/c1-10-20(22)21-11-18-13-23-26(14(2)3,15(4)5)25-27(16(6)7,17(8)9)24-19(18)12-21/h14-19H,10-13H2,1-9H3/t18-,19+/m1/s1. The molecule has 0 spiro atoms. The van der Waals surface area contributed by atoms with E-state index in [2.05, 4.69) is 55.4 Å². The van der Waals surface area contributed by atoms with Crippen molar-refractivity contribution >= 4 is 23.0 Å². The summed E-state index contributed by atoms with van der Waals surface area (Å²) in [5.41, 5.74) is 1.38. The van der Waals surface area contributed by atoms with Crippen molar-refractivity contribution in [3.63, 3.8) is 0 Å². The molecule has 158 valence electrons. The summed E-state index contributed by atoms with van der Waals surface area (Å²) in [6, 6.07) is 0. The number of carbonyl (C=O) groups is 1. The number of amides is 1. The number of hydrogen-bond donors (Lipinski definition) is 0. The van der Waals surface area contributed by atoms with Crippen LogP contribution in [0.2, 0.25) is 22.2 Å². The molecule has 1 amide bonds. The highest BCUT2D eigenvalue weighted by molar-refractivity contribution is 6.83. The molecule has 2 saturated heterocycles. The molecule has 0 aromatic heterocycles. The molecule has 2 atom stereocenters. The summed E-state index contributed by atoms with van der Waals surface area (Å²) >= 11 is 0. The highest BCUT2D eigenvalue weighted by Gasteiger charge is 2.59. The normalized spacial score (nSPS) is 28.0. The van der Waals surface area contributed by atoms with Gasteiger partial charge in [-0.05, 0) is 22.2 Å². The first-order valence-electron chi connectivity index (χ1n) is 10.8. The fraction of sp³-hybridized carbons (Fsp3) is 0.950. The van der Waals surface area contributed by atoms with Crippen LogP contribution in [0.1, 0.15) is 68.7 Å². The molecule has 0 N–H and O–H groups in total. The monoisotopic (exact) mass is 415 g/mol. The fourth-order valence-electron chi connectivity index (χ4n) is 4.75. The van der Waals surface area contributed by atoms with Crippen LogP contribution < -0.4 is 0 Å². The van der Waals surface area contributed by atoms with Crippen molar-refractivity contribution in [2.75, 3.05) is 19.7 Å². The van der Waals surface area contributed by atoms with E-state index in [9.17, 15) is 4.79 Å². The van der Waals surface area contributed by atoms with Gasteiger partial charge in [0.2, 0.25) is 5.91 Å². The highest BCUT2D eigenvalue weighted by atomic mass is 28.5. The van der Waals surface area contributed by atoms with E-state index in [-0.39, 0.29) is 17.9 Å². The van der Waals surface area contributed by atoms with E-state index in [4.69, 9.17) is 13.0 Å². The summed E-state index contributed by atoms with van der Waals surface area (Å²) in [5.74, 6) is 0.460. The molecule has 0 radical (unpaired) electrons. The predicted molar refractivity (Wildman–Crippen MR) is 114 cm³/mol. The summed E-state index contributed by atoms with van der Waals surface area (Å²) in [7, 11) is -5.01. The lowest BCUT2D eigenvalue weighted by Gasteiger charge is -2.51. The number of nitrogens with zero attached hydrogens (tertiary/aromatic N) is 1. The zero-order valence-corrected chi connectivity index (χ0v) is 20.9. The molecule has 27 heavy (non-hydrogen) atoms. The van der Waals surface area contributed by atoms with Gasteiger partial charge in [0.1, 0.15) is 0 Å². The van der Waals surface area contributed by atoms with Crippen LogP contribution >= 0.6 is 0 Å². The van der Waals surface area contributed by atoms with E-state index >= 15 is 0 Å². The van der Waals surface area contributed by atoms with Crippen LogP contribution in [-0.2, 0) is 17.8 Å². The largest absolute Gasteiger partial charge is 0.414 e. The lowest BCUT2D eigenvalue weighted by Crippen LogP contribution is -2.64. The molecular weight excluding hydrogens is 374 g/mol. The Labute approximate surface area is 168 Å². The molecule has 2 fully saturated rings. The maximum absolute atomic E-state index is 12.3. The summed E-state index contributed by atoms with van der Waals surface area (Å²) in [5, 5.41) is 0. The van der Waals surface area contributed by atoms with Gasteiger partial charge in [-0.25, -0.2) is 0 Å². The number of carbonyl (C=O) groups excluding carboxylic acids is 1. The Morgan fingerprint density at radius 1 is 0.926 bits per heavy atom. The van der Waals surface area contributed by atoms with Gasteiger partial charge in [0, 0.05) is 32.0 Å². The van der Waals surface area contributed by atoms with E-state index < -0.39 is 17.1 Å². The smallest absolute Gasteiger partial charge is 0.335 e. The third-order valence-electron chi connectivity index (χ3n) is 6.43. The predicted octanol–water partition coefficient (Wildman–Crippen LogP) is 4.81. The maximum Gasteiger partial charge on any atom is 0.335 e. The minimum atomic E-state index is -2.54. The Morgan fingerprint density at radius 2 is 1.44 bits per heavy atom. The zero-order valence-electron chi connectivity index (χ0n) is 18.9. The van der Waals surface area contributed by atoms with Gasteiger partial charge < -0.3 is 17.9 Å². The first-order chi connectivity index (χ1) is 12.5. The van der Waals surface area contributed by atoms with Crippen LogP contribution in [0.5, 0.6) is 0 Å². The summed E-state index contributed by atoms with van der Waals surface area (Å²) in [6.07, 6.45) is 0.577. The number of likely N-dealkylation sites (tertiary alicyclic amines) is 1. The van der Waals surface area contributed by atoms with E-state index in [0.29, 0.717) is 41.7 Å². The Balaban J connectivity index is 2.47. The minimum absolute atomic E-state index is 0.0308. The second-order valence-electron chi connectivity index (χ2n) is 9.54. The van der Waals surface area contributed by atoms with Gasteiger partial charge in [0.25, 0.3) is 0 Å². The zero-order chi connectivity index (χ0) is 20.6. The van der Waals surface area contributed by atoms with Gasteiger partial charge in [-0.3, -0.25) is 4.79 Å². The quantitative estimate of drug-likeness (QED) is 0.605. The van der Waals surface area contributed by atoms with Crippen molar-refractivity contribution < 1.29 is 17.8 Å². The summed E-state index contributed by atoms with van der Waals surface area (Å²) in [6.45, 7) is 21.9. The van der Waals surface area contributed by atoms with E-state index in [1.807, 2.05) is 11.8 Å². The third kappa shape index (κ3) is 4.22. The molecule has 7 heteroatoms. The highest BCUT2D eigenvalue weighted by Crippen LogP contribution is 2.47. The topological polar surface area (TPSA) is 48.0 Å². The molecule has 2 aliphatic heterocycles. The van der Waals surface area contributed by atoms with Crippen LogP contribution in [0, 0.1) is 5.92 Å². The number of fused-ring (bicyclic) bond motifs is 1. The van der Waals surface area contributed by atoms with E-state index in [1.54, 1.807) is 0 Å². The molecule has 0 aliphatic carbocycles. The van der Waals surface area contributed by atoms with Crippen molar-refractivity contribution in [2.45, 2.75) is 97.0 Å². The van der Waals surface area contributed by atoms with E-state index in [0.717, 1.165) is 6.54 Å². The fourth-order valence-corrected chi connectivity index (χ4v) is 16.0. The van der Waals surface area contributed by atoms with Crippen LogP contribution in [0.3, 0.4) is 0 Å². The van der Waals surface area contributed by atoms with E-state index in [1.165, 1.54) is 0 Å². The number of rotatable bonds is 5. The van der Waals surface area contributed by atoms with Crippen LogP contribution in [0.15, 0.2) is 0 Å². The molecule has 0 aromatic rings. The van der Waals surface area contributed by atoms with Crippen LogP contribution in [-0.4, -0.2) is 53.7 Å². The molecule has 0 unspecified atom stereocenters. The molecule has 0 saturated carbocycles. The number of hydrogen-bond acceptors (Lipinski definition) is 4. The van der Waals surface area contributed by atoms with Gasteiger partial charge in [-0.2, -0.15) is 0 Å². The SMILES string of the molecule is CCC(=O)N1C[C@@H]2CO[Si](C(C)C)(C(C)C)O[Si](C(C)C)(C(C)C)O[C@H]2C1. The minimum Gasteiger partial charge on any atom is -0.414 e. The molecular formula is C20H41NO4Si2. The molecule has 0 bridgehead atoms. The first-order valence-corrected chi connectivity index (χ1v) is 14.7. The average Bonchev–Trinajstić information content (AvgIpc) is 2.95. The van der Waals surface area contributed by atoms with Gasteiger partial charge in [-0.15, -0.1) is 0 Å². The molecule has 2 aliphatic rings. The van der Waals surface area contributed by atoms with Gasteiger partial charge in [-0.1, -0.05) is 62.3 Å². The van der Waals surface area contributed by atoms with Crippen molar-refractivity contribution in [3.8, 4) is 0 Å². The third-order valence-corrected chi connectivity index (χ3v) is 16.7. The van der Waals surface area contributed by atoms with Crippen molar-refractivity contribution in [1.29, 1.82) is 0 Å². The Kier molecular flexibility index (Phi) is 7.39. The summed E-state index contributed by atoms with van der Waals surface area (Å²) in [4.78, 5) is 14.3. The lowest BCUT2D eigenvalue weighted by atomic mass is 10.1. The second-order valence-corrected chi connectivity index (χ2v) is 18.4. The maximum atomic E-state index is 12.3. The Bertz CT molecular complexity index is 508. The van der Waals surface area contributed by atoms with Gasteiger partial charge in [0.05, 0.1) is 6.10 Å². The molecule has 2 heterocycles. The first kappa shape index (κ1) is 23.1. The average molecular weight is 416 g/mol. The van der Waals surface area contributed by atoms with Crippen molar-refractivity contribution in [2.24, 2.45) is 5.92 Å². The van der Waals surface area contributed by atoms with Crippen LogP contribution in [0.4, 0.5) is 0 Å². The van der Waals surface area contributed by atoms with Crippen molar-refractivity contribution in [1.82, 2.24) is 4.90 Å². The van der Waals surface area contributed by atoms with Gasteiger partial charge in [0.15, 0.2) is 0 Å². The second kappa shape index (κ2) is 8.65. The molecule has 0 aromatic carbocycles. The summed E-state index contributed by atoms with van der Waals surface area (Å²) < 4.78 is 20.9.